The zero-order valence-corrected chi connectivity index (χ0v) is 16.3. The molecule has 28 heavy (non-hydrogen) atoms. The van der Waals surface area contributed by atoms with E-state index in [0.29, 0.717) is 16.9 Å². The summed E-state index contributed by atoms with van der Waals surface area (Å²) in [6, 6.07) is 10.3. The second-order valence-corrected chi connectivity index (χ2v) is 6.94. The minimum Gasteiger partial charge on any atom is -0.314 e. The lowest BCUT2D eigenvalue weighted by Gasteiger charge is -2.06. The highest BCUT2D eigenvalue weighted by Gasteiger charge is 2.19. The second kappa shape index (κ2) is 6.99. The fourth-order valence-corrected chi connectivity index (χ4v) is 3.59. The molecular formula is C21H23N5O2. The molecule has 0 radical (unpaired) electrons. The van der Waals surface area contributed by atoms with Crippen molar-refractivity contribution >= 4 is 16.9 Å². The normalized spacial score (nSPS) is 12.0. The molecule has 0 aliphatic carbocycles. The minimum atomic E-state index is -0.357. The average Bonchev–Trinajstić information content (AvgIpc) is 3.20. The second-order valence-electron chi connectivity index (χ2n) is 6.94. The van der Waals surface area contributed by atoms with Gasteiger partial charge in [-0.25, -0.2) is 4.79 Å². The highest BCUT2D eigenvalue weighted by atomic mass is 16.2. The van der Waals surface area contributed by atoms with Crippen molar-refractivity contribution in [2.75, 3.05) is 0 Å². The molecule has 0 unspecified atom stereocenters. The summed E-state index contributed by atoms with van der Waals surface area (Å²) in [5.41, 5.74) is 2.44. The van der Waals surface area contributed by atoms with E-state index in [1.165, 1.54) is 14.7 Å². The van der Waals surface area contributed by atoms with E-state index in [2.05, 4.69) is 21.7 Å². The molecule has 0 saturated carbocycles. The number of allylic oxidation sites excluding steroid dienone is 2. The Morgan fingerprint density at radius 3 is 2.57 bits per heavy atom. The number of rotatable bonds is 5. The molecule has 3 heterocycles. The monoisotopic (exact) mass is 377 g/mol. The van der Waals surface area contributed by atoms with E-state index < -0.39 is 0 Å². The van der Waals surface area contributed by atoms with Crippen molar-refractivity contribution in [3.05, 3.63) is 80.8 Å². The fraction of sp³-hybridized carbons (Fsp3) is 0.286. The van der Waals surface area contributed by atoms with E-state index in [-0.39, 0.29) is 17.8 Å². The molecule has 0 fully saturated rings. The molecular weight excluding hydrogens is 354 g/mol. The Balaban J connectivity index is 1.88. The third-order valence-electron chi connectivity index (χ3n) is 5.13. The molecule has 4 aromatic rings. The van der Waals surface area contributed by atoms with Gasteiger partial charge in [-0.05, 0) is 25.8 Å². The first-order valence-corrected chi connectivity index (χ1v) is 9.35. The van der Waals surface area contributed by atoms with Crippen LogP contribution >= 0.6 is 0 Å². The summed E-state index contributed by atoms with van der Waals surface area (Å²) >= 11 is 0. The Labute approximate surface area is 161 Å². The Kier molecular flexibility index (Phi) is 4.50. The predicted molar refractivity (Wildman–Crippen MR) is 110 cm³/mol. The van der Waals surface area contributed by atoms with Gasteiger partial charge in [0.05, 0.1) is 0 Å². The molecule has 0 amide bonds. The van der Waals surface area contributed by atoms with E-state index in [1.807, 2.05) is 48.7 Å². The van der Waals surface area contributed by atoms with Crippen LogP contribution in [0.15, 0.2) is 58.3 Å². The smallest absolute Gasteiger partial charge is 0.314 e. The number of hydrogen-bond acceptors (Lipinski definition) is 3. The summed E-state index contributed by atoms with van der Waals surface area (Å²) in [5, 5.41) is 0. The molecule has 0 aliphatic heterocycles. The summed E-state index contributed by atoms with van der Waals surface area (Å²) < 4.78 is 6.59. The summed E-state index contributed by atoms with van der Waals surface area (Å²) in [6.07, 6.45) is 6.40. The van der Waals surface area contributed by atoms with Crippen LogP contribution in [0.25, 0.3) is 16.9 Å². The highest BCUT2D eigenvalue weighted by molar-refractivity contribution is 5.75. The SMILES string of the molecule is C/C=C/Cn1c(=O)c2c(nc3n(CCc4ccccc4)c(C)cn23)n(C)c1=O. The third kappa shape index (κ3) is 2.79. The first kappa shape index (κ1) is 18.0. The van der Waals surface area contributed by atoms with Gasteiger partial charge in [0.2, 0.25) is 5.78 Å². The molecule has 0 N–H and O–H groups in total. The molecule has 4 rings (SSSR count). The van der Waals surface area contributed by atoms with Gasteiger partial charge in [-0.3, -0.25) is 18.3 Å². The Bertz CT molecular complexity index is 1300. The van der Waals surface area contributed by atoms with Crippen LogP contribution in [0.4, 0.5) is 0 Å². The molecule has 7 nitrogen and oxygen atoms in total. The summed E-state index contributed by atoms with van der Waals surface area (Å²) in [4.78, 5) is 30.3. The van der Waals surface area contributed by atoms with Crippen LogP contribution < -0.4 is 11.2 Å². The average molecular weight is 377 g/mol. The molecule has 0 atom stereocenters. The number of aromatic nitrogens is 5. The van der Waals surface area contributed by atoms with Gasteiger partial charge in [0, 0.05) is 32.0 Å². The number of fused-ring (bicyclic) bond motifs is 3. The first-order chi connectivity index (χ1) is 13.5. The van der Waals surface area contributed by atoms with Crippen LogP contribution in [-0.4, -0.2) is 23.1 Å². The van der Waals surface area contributed by atoms with Gasteiger partial charge in [-0.2, -0.15) is 4.98 Å². The Hall–Kier alpha value is -3.35. The molecule has 0 saturated heterocycles. The number of hydrogen-bond donors (Lipinski definition) is 0. The van der Waals surface area contributed by atoms with E-state index in [0.717, 1.165) is 18.7 Å². The molecule has 0 aliphatic rings. The largest absolute Gasteiger partial charge is 0.332 e. The van der Waals surface area contributed by atoms with Crippen molar-refractivity contribution in [3.8, 4) is 0 Å². The van der Waals surface area contributed by atoms with Crippen LogP contribution in [-0.2, 0) is 26.6 Å². The quantitative estimate of drug-likeness (QED) is 0.501. The van der Waals surface area contributed by atoms with Crippen molar-refractivity contribution in [1.82, 2.24) is 23.1 Å². The third-order valence-corrected chi connectivity index (χ3v) is 5.13. The molecule has 144 valence electrons. The Morgan fingerprint density at radius 1 is 1.11 bits per heavy atom. The highest BCUT2D eigenvalue weighted by Crippen LogP contribution is 2.17. The van der Waals surface area contributed by atoms with Crippen molar-refractivity contribution in [2.45, 2.75) is 33.4 Å². The van der Waals surface area contributed by atoms with Gasteiger partial charge < -0.3 is 4.57 Å². The van der Waals surface area contributed by atoms with Crippen LogP contribution in [0, 0.1) is 6.92 Å². The standard InChI is InChI=1S/C21H23N5O2/c1-4-5-12-25-19(27)17-18(23(3)21(25)28)22-20-24(15(2)14-26(17)20)13-11-16-9-7-6-8-10-16/h4-10,14H,11-13H2,1-3H3/b5-4+. The maximum Gasteiger partial charge on any atom is 0.332 e. The summed E-state index contributed by atoms with van der Waals surface area (Å²) in [7, 11) is 1.66. The fourth-order valence-electron chi connectivity index (χ4n) is 3.59. The molecule has 7 heteroatoms. The van der Waals surface area contributed by atoms with Gasteiger partial charge >= 0.3 is 5.69 Å². The lowest BCUT2D eigenvalue weighted by atomic mass is 10.1. The van der Waals surface area contributed by atoms with Gasteiger partial charge in [-0.1, -0.05) is 42.5 Å². The molecule has 1 aromatic carbocycles. The van der Waals surface area contributed by atoms with Crippen molar-refractivity contribution in [2.24, 2.45) is 7.05 Å². The number of nitrogens with zero attached hydrogens (tertiary/aromatic N) is 5. The number of imidazole rings is 2. The Morgan fingerprint density at radius 2 is 1.86 bits per heavy atom. The van der Waals surface area contributed by atoms with Crippen LogP contribution in [0.3, 0.4) is 0 Å². The maximum absolute atomic E-state index is 13.0. The van der Waals surface area contributed by atoms with Gasteiger partial charge in [-0.15, -0.1) is 0 Å². The topological polar surface area (TPSA) is 66.2 Å². The molecule has 0 bridgehead atoms. The van der Waals surface area contributed by atoms with E-state index in [4.69, 9.17) is 0 Å². The summed E-state index contributed by atoms with van der Waals surface area (Å²) in [6.45, 7) is 4.86. The van der Waals surface area contributed by atoms with E-state index >= 15 is 0 Å². The number of aryl methyl sites for hydroxylation is 4. The van der Waals surface area contributed by atoms with Crippen LogP contribution in [0.2, 0.25) is 0 Å². The van der Waals surface area contributed by atoms with Gasteiger partial charge in [0.1, 0.15) is 0 Å². The summed E-state index contributed by atoms with van der Waals surface area (Å²) in [5.74, 6) is 0.680. The maximum atomic E-state index is 13.0. The van der Waals surface area contributed by atoms with Crippen LogP contribution in [0.1, 0.15) is 18.2 Å². The minimum absolute atomic E-state index is 0.249. The zero-order valence-electron chi connectivity index (χ0n) is 16.3. The van der Waals surface area contributed by atoms with E-state index in [9.17, 15) is 9.59 Å². The van der Waals surface area contributed by atoms with Crippen molar-refractivity contribution < 1.29 is 0 Å². The van der Waals surface area contributed by atoms with Gasteiger partial charge in [0.15, 0.2) is 11.2 Å². The van der Waals surface area contributed by atoms with E-state index in [1.54, 1.807) is 13.1 Å². The lowest BCUT2D eigenvalue weighted by molar-refractivity contribution is 0.665. The zero-order chi connectivity index (χ0) is 19.8. The number of benzene rings is 1. The van der Waals surface area contributed by atoms with Crippen molar-refractivity contribution in [3.63, 3.8) is 0 Å². The predicted octanol–water partition coefficient (Wildman–Crippen LogP) is 2.28. The molecule has 3 aromatic heterocycles. The lowest BCUT2D eigenvalue weighted by Crippen LogP contribution is -2.39. The van der Waals surface area contributed by atoms with Gasteiger partial charge in [0.25, 0.3) is 5.56 Å². The van der Waals surface area contributed by atoms with Crippen molar-refractivity contribution in [1.29, 1.82) is 0 Å². The first-order valence-electron chi connectivity index (χ1n) is 9.35. The van der Waals surface area contributed by atoms with Crippen LogP contribution in [0.5, 0.6) is 0 Å². The molecule has 0 spiro atoms.